The molecule has 0 amide bonds. The Morgan fingerprint density at radius 1 is 1.00 bits per heavy atom. The predicted octanol–water partition coefficient (Wildman–Crippen LogP) is 1.41. The molecule has 0 saturated heterocycles. The smallest absolute Gasteiger partial charge is 0.198 e. The first-order valence-corrected chi connectivity index (χ1v) is 6.29. The van der Waals surface area contributed by atoms with Crippen LogP contribution in [0.25, 0.3) is 11.6 Å². The van der Waals surface area contributed by atoms with Gasteiger partial charge >= 0.3 is 0 Å². The third-order valence-corrected chi connectivity index (χ3v) is 3.45. The molecule has 0 radical (unpaired) electrons. The molecule has 1 saturated carbocycles. The van der Waals surface area contributed by atoms with Gasteiger partial charge in [0.05, 0.1) is 11.4 Å². The maximum absolute atomic E-state index is 4.70. The zero-order chi connectivity index (χ0) is 11.9. The van der Waals surface area contributed by atoms with E-state index in [-0.39, 0.29) is 0 Å². The Morgan fingerprint density at radius 3 is 2.61 bits per heavy atom. The van der Waals surface area contributed by atoms with Crippen molar-refractivity contribution in [2.75, 3.05) is 0 Å². The van der Waals surface area contributed by atoms with Gasteiger partial charge in [0.25, 0.3) is 0 Å². The van der Waals surface area contributed by atoms with Crippen molar-refractivity contribution < 1.29 is 0 Å². The van der Waals surface area contributed by atoms with E-state index in [1.54, 1.807) is 18.5 Å². The van der Waals surface area contributed by atoms with E-state index in [0.29, 0.717) is 17.6 Å². The summed E-state index contributed by atoms with van der Waals surface area (Å²) < 4.78 is 0. The summed E-state index contributed by atoms with van der Waals surface area (Å²) >= 11 is 0. The minimum Gasteiger partial charge on any atom is -0.307 e. The molecule has 2 aromatic heterocycles. The van der Waals surface area contributed by atoms with Gasteiger partial charge in [0, 0.05) is 37.0 Å². The zero-order valence-electron chi connectivity index (χ0n) is 9.93. The second kappa shape index (κ2) is 3.81. The molecule has 0 unspecified atom stereocenters. The second-order valence-corrected chi connectivity index (χ2v) is 4.81. The maximum Gasteiger partial charge on any atom is 0.198 e. The minimum atomic E-state index is 0.620. The topological polar surface area (TPSA) is 63.6 Å². The minimum absolute atomic E-state index is 0.620. The van der Waals surface area contributed by atoms with Crippen molar-refractivity contribution in [1.29, 1.82) is 0 Å². The Morgan fingerprint density at radius 2 is 1.83 bits per heavy atom. The molecule has 18 heavy (non-hydrogen) atoms. The van der Waals surface area contributed by atoms with Gasteiger partial charge in [0.2, 0.25) is 0 Å². The van der Waals surface area contributed by atoms with Gasteiger partial charge in [-0.2, -0.15) is 0 Å². The van der Waals surface area contributed by atoms with Crippen LogP contribution >= 0.6 is 0 Å². The van der Waals surface area contributed by atoms with Gasteiger partial charge in [-0.25, -0.2) is 19.9 Å². The van der Waals surface area contributed by atoms with Crippen LogP contribution in [0, 0.1) is 0 Å². The van der Waals surface area contributed by atoms with Crippen LogP contribution in [0.1, 0.15) is 35.7 Å². The highest BCUT2D eigenvalue weighted by Crippen LogP contribution is 2.42. The monoisotopic (exact) mass is 239 g/mol. The molecule has 2 aromatic rings. The summed E-state index contributed by atoms with van der Waals surface area (Å²) in [5.74, 6) is 1.91. The fraction of sp³-hybridized carbons (Fsp3) is 0.385. The maximum atomic E-state index is 4.70. The molecule has 1 N–H and O–H groups in total. The highest BCUT2D eigenvalue weighted by atomic mass is 15.0. The summed E-state index contributed by atoms with van der Waals surface area (Å²) in [6.07, 6.45) is 5.96. The summed E-state index contributed by atoms with van der Waals surface area (Å²) in [6.45, 7) is 1.73. The number of hydrogen-bond acceptors (Lipinski definition) is 5. The summed E-state index contributed by atoms with van der Waals surface area (Å²) in [5.41, 5.74) is 3.64. The summed E-state index contributed by atoms with van der Waals surface area (Å²) in [4.78, 5) is 17.8. The van der Waals surface area contributed by atoms with E-state index in [4.69, 9.17) is 4.98 Å². The Bertz CT molecular complexity index is 592. The van der Waals surface area contributed by atoms with Gasteiger partial charge in [-0.05, 0) is 18.9 Å². The SMILES string of the molecule is c1cnc(-c2nc3c(c(C4CC4)n2)CNC3)nc1. The van der Waals surface area contributed by atoms with Crippen molar-refractivity contribution in [2.45, 2.75) is 31.8 Å². The number of rotatable bonds is 2. The number of fused-ring (bicyclic) bond motifs is 1. The van der Waals surface area contributed by atoms with Crippen LogP contribution in [0.3, 0.4) is 0 Å². The molecule has 5 heteroatoms. The van der Waals surface area contributed by atoms with Crippen molar-refractivity contribution in [3.8, 4) is 11.6 Å². The van der Waals surface area contributed by atoms with Gasteiger partial charge in [0.1, 0.15) is 0 Å². The normalized spacial score (nSPS) is 17.8. The van der Waals surface area contributed by atoms with Crippen molar-refractivity contribution in [1.82, 2.24) is 25.3 Å². The van der Waals surface area contributed by atoms with Gasteiger partial charge in [-0.1, -0.05) is 0 Å². The van der Waals surface area contributed by atoms with E-state index >= 15 is 0 Å². The van der Waals surface area contributed by atoms with E-state index in [2.05, 4.69) is 20.3 Å². The lowest BCUT2D eigenvalue weighted by atomic mass is 10.1. The molecule has 0 spiro atoms. The fourth-order valence-electron chi connectivity index (χ4n) is 2.40. The largest absolute Gasteiger partial charge is 0.307 e. The Labute approximate surface area is 105 Å². The Kier molecular flexibility index (Phi) is 2.14. The summed E-state index contributed by atoms with van der Waals surface area (Å²) in [7, 11) is 0. The Balaban J connectivity index is 1.87. The fourth-order valence-corrected chi connectivity index (χ4v) is 2.40. The number of nitrogens with zero attached hydrogens (tertiary/aromatic N) is 4. The van der Waals surface area contributed by atoms with E-state index < -0.39 is 0 Å². The highest BCUT2D eigenvalue weighted by molar-refractivity contribution is 5.47. The molecule has 1 aliphatic heterocycles. The van der Waals surface area contributed by atoms with E-state index in [1.165, 1.54) is 24.1 Å². The van der Waals surface area contributed by atoms with Gasteiger partial charge in [0.15, 0.2) is 11.6 Å². The second-order valence-electron chi connectivity index (χ2n) is 4.81. The first kappa shape index (κ1) is 10.1. The number of aromatic nitrogens is 4. The molecule has 1 aliphatic carbocycles. The molecule has 2 aliphatic rings. The molecule has 3 heterocycles. The molecule has 4 rings (SSSR count). The Hall–Kier alpha value is -1.88. The molecule has 0 bridgehead atoms. The highest BCUT2D eigenvalue weighted by Gasteiger charge is 2.31. The zero-order valence-corrected chi connectivity index (χ0v) is 9.93. The van der Waals surface area contributed by atoms with Crippen molar-refractivity contribution in [3.05, 3.63) is 35.4 Å². The third kappa shape index (κ3) is 1.59. The molecule has 1 fully saturated rings. The average molecular weight is 239 g/mol. The van der Waals surface area contributed by atoms with Crippen LogP contribution in [0.15, 0.2) is 18.5 Å². The van der Waals surface area contributed by atoms with Gasteiger partial charge < -0.3 is 5.32 Å². The van der Waals surface area contributed by atoms with Crippen LogP contribution in [-0.4, -0.2) is 19.9 Å². The van der Waals surface area contributed by atoms with Crippen LogP contribution in [-0.2, 0) is 13.1 Å². The van der Waals surface area contributed by atoms with Crippen molar-refractivity contribution >= 4 is 0 Å². The summed E-state index contributed by atoms with van der Waals surface area (Å²) in [6, 6.07) is 1.81. The molecular formula is C13H13N5. The van der Waals surface area contributed by atoms with Crippen molar-refractivity contribution in [3.63, 3.8) is 0 Å². The van der Waals surface area contributed by atoms with Crippen molar-refractivity contribution in [2.24, 2.45) is 0 Å². The number of nitrogens with one attached hydrogen (secondary N) is 1. The van der Waals surface area contributed by atoms with Crippen LogP contribution in [0.4, 0.5) is 0 Å². The molecular weight excluding hydrogens is 226 g/mol. The quantitative estimate of drug-likeness (QED) is 0.858. The molecule has 5 nitrogen and oxygen atoms in total. The first-order valence-electron chi connectivity index (χ1n) is 6.29. The first-order chi connectivity index (χ1) is 8.92. The van der Waals surface area contributed by atoms with E-state index in [0.717, 1.165) is 18.8 Å². The standard InChI is InChI=1S/C13H13N5/c1-4-15-12(16-5-1)13-17-10-7-14-6-9(10)11(18-13)8-2-3-8/h1,4-5,8,14H,2-3,6-7H2. The average Bonchev–Trinajstić information content (AvgIpc) is 3.16. The molecule has 90 valence electrons. The molecule has 0 aromatic carbocycles. The van der Waals surface area contributed by atoms with Gasteiger partial charge in [-0.3, -0.25) is 0 Å². The number of hydrogen-bond donors (Lipinski definition) is 1. The molecule has 0 atom stereocenters. The van der Waals surface area contributed by atoms with E-state index in [9.17, 15) is 0 Å². The van der Waals surface area contributed by atoms with E-state index in [1.807, 2.05) is 0 Å². The third-order valence-electron chi connectivity index (χ3n) is 3.45. The van der Waals surface area contributed by atoms with Crippen LogP contribution in [0.5, 0.6) is 0 Å². The lowest BCUT2D eigenvalue weighted by Gasteiger charge is -2.07. The lowest BCUT2D eigenvalue weighted by molar-refractivity contribution is 0.755. The lowest BCUT2D eigenvalue weighted by Crippen LogP contribution is -2.04. The van der Waals surface area contributed by atoms with Crippen LogP contribution < -0.4 is 5.32 Å². The van der Waals surface area contributed by atoms with Crippen LogP contribution in [0.2, 0.25) is 0 Å². The summed E-state index contributed by atoms with van der Waals surface area (Å²) in [5, 5.41) is 3.35. The predicted molar refractivity (Wildman–Crippen MR) is 65.6 cm³/mol. The van der Waals surface area contributed by atoms with Gasteiger partial charge in [-0.15, -0.1) is 0 Å².